The van der Waals surface area contributed by atoms with Crippen molar-refractivity contribution in [2.45, 2.75) is 37.4 Å². The van der Waals surface area contributed by atoms with Crippen molar-refractivity contribution in [1.29, 1.82) is 0 Å². The van der Waals surface area contributed by atoms with Gasteiger partial charge in [-0.05, 0) is 54.5 Å². The number of hydrogen-bond acceptors (Lipinski definition) is 3. The Hall–Kier alpha value is -2.96. The smallest absolute Gasteiger partial charge is 0.352 e. The van der Waals surface area contributed by atoms with E-state index in [1.54, 1.807) is 54.9 Å². The van der Waals surface area contributed by atoms with E-state index in [0.717, 1.165) is 5.56 Å². The van der Waals surface area contributed by atoms with Crippen LogP contribution in [0.15, 0.2) is 60.9 Å². The van der Waals surface area contributed by atoms with Crippen molar-refractivity contribution >= 4 is 17.8 Å². The molecule has 1 aromatic carbocycles. The lowest BCUT2D eigenvalue weighted by atomic mass is 9.62. The van der Waals surface area contributed by atoms with Crippen molar-refractivity contribution in [3.05, 3.63) is 72.1 Å². The number of allylic oxidation sites excluding steroid dienone is 1. The lowest BCUT2D eigenvalue weighted by Crippen LogP contribution is -2.57. The van der Waals surface area contributed by atoms with Gasteiger partial charge in [0, 0.05) is 24.4 Å². The van der Waals surface area contributed by atoms with E-state index in [2.05, 4.69) is 10.3 Å². The molecular weight excluding hydrogens is 405 g/mol. The summed E-state index contributed by atoms with van der Waals surface area (Å²) in [6.07, 6.45) is 1.99. The molecule has 1 saturated heterocycles. The molecule has 1 aromatic heterocycles. The lowest BCUT2D eigenvalue weighted by molar-refractivity contribution is -0.190. The van der Waals surface area contributed by atoms with Gasteiger partial charge in [0.25, 0.3) is 0 Å². The number of hydrogen-bond donors (Lipinski definition) is 1. The van der Waals surface area contributed by atoms with Gasteiger partial charge in [0.2, 0.25) is 5.91 Å². The molecule has 0 bridgehead atoms. The van der Waals surface area contributed by atoms with Gasteiger partial charge in [-0.1, -0.05) is 36.4 Å². The Morgan fingerprint density at radius 1 is 1.10 bits per heavy atom. The first-order valence-corrected chi connectivity index (χ1v) is 10.4. The molecule has 1 aliphatic heterocycles. The largest absolute Gasteiger partial charge is 0.391 e. The predicted octanol–water partition coefficient (Wildman–Crippen LogP) is 4.54. The number of amides is 1. The Kier molecular flexibility index (Phi) is 5.94. The third kappa shape index (κ3) is 4.55. The molecule has 2 aliphatic rings. The van der Waals surface area contributed by atoms with E-state index in [4.69, 9.17) is 0 Å². The number of halogens is 3. The molecule has 2 heterocycles. The quantitative estimate of drug-likeness (QED) is 0.575. The van der Waals surface area contributed by atoms with Gasteiger partial charge in [0.1, 0.15) is 5.92 Å². The number of piperidine rings is 1. The maximum absolute atomic E-state index is 13.5. The minimum atomic E-state index is -4.28. The van der Waals surface area contributed by atoms with Crippen molar-refractivity contribution in [3.63, 3.8) is 0 Å². The number of nitrogens with zero attached hydrogens (tertiary/aromatic N) is 1. The fraction of sp³-hybridized carbons (Fsp3) is 0.375. The van der Waals surface area contributed by atoms with Crippen molar-refractivity contribution in [1.82, 2.24) is 10.3 Å². The number of carbonyl (C=O) groups is 2. The van der Waals surface area contributed by atoms with Gasteiger partial charge in [-0.3, -0.25) is 14.6 Å². The Bertz CT molecular complexity index is 960. The Morgan fingerprint density at radius 2 is 1.87 bits per heavy atom. The average Bonchev–Trinajstić information content (AvgIpc) is 2.77. The highest BCUT2D eigenvalue weighted by Crippen LogP contribution is 2.49. The molecule has 7 heteroatoms. The highest BCUT2D eigenvalue weighted by atomic mass is 19.4. The second-order valence-electron chi connectivity index (χ2n) is 8.27. The van der Waals surface area contributed by atoms with E-state index >= 15 is 0 Å². The summed E-state index contributed by atoms with van der Waals surface area (Å²) >= 11 is 0. The zero-order valence-corrected chi connectivity index (χ0v) is 16.8. The zero-order chi connectivity index (χ0) is 22.0. The first kappa shape index (κ1) is 21.3. The topological polar surface area (TPSA) is 59.1 Å². The summed E-state index contributed by atoms with van der Waals surface area (Å²) in [4.78, 5) is 30.1. The van der Waals surface area contributed by atoms with Crippen LogP contribution in [0, 0.1) is 17.8 Å². The Morgan fingerprint density at radius 3 is 2.55 bits per heavy atom. The van der Waals surface area contributed by atoms with Gasteiger partial charge in [-0.2, -0.15) is 13.2 Å². The fourth-order valence-electron chi connectivity index (χ4n) is 4.94. The zero-order valence-electron chi connectivity index (χ0n) is 16.8. The second kappa shape index (κ2) is 8.65. The number of rotatable bonds is 4. The molecule has 1 N–H and O–H groups in total. The molecule has 5 unspecified atom stereocenters. The lowest BCUT2D eigenvalue weighted by Gasteiger charge is -2.47. The number of benzene rings is 1. The molecule has 1 saturated carbocycles. The van der Waals surface area contributed by atoms with Crippen LogP contribution in [0.2, 0.25) is 0 Å². The molecule has 4 nitrogen and oxygen atoms in total. The van der Waals surface area contributed by atoms with Crippen LogP contribution in [0.3, 0.4) is 0 Å². The van der Waals surface area contributed by atoms with Gasteiger partial charge < -0.3 is 5.32 Å². The number of ketones is 1. The Labute approximate surface area is 178 Å². The SMILES string of the molecule is O=C(/C=C/c1cccnc1)C1C(=O)NC2CCC(C(F)(F)F)CC2C1c1ccccc1. The van der Waals surface area contributed by atoms with Crippen LogP contribution >= 0.6 is 0 Å². The minimum absolute atomic E-state index is 0.00796. The third-order valence-corrected chi connectivity index (χ3v) is 6.41. The summed E-state index contributed by atoms with van der Waals surface area (Å²) in [5.41, 5.74) is 1.43. The minimum Gasteiger partial charge on any atom is -0.352 e. The molecule has 1 aliphatic carbocycles. The Balaban J connectivity index is 1.68. The molecular formula is C24H23F3N2O2. The van der Waals surface area contributed by atoms with E-state index in [9.17, 15) is 22.8 Å². The van der Waals surface area contributed by atoms with Gasteiger partial charge >= 0.3 is 6.18 Å². The molecule has 4 rings (SSSR count). The van der Waals surface area contributed by atoms with E-state index in [1.165, 1.54) is 6.08 Å². The molecule has 31 heavy (non-hydrogen) atoms. The van der Waals surface area contributed by atoms with E-state index in [0.29, 0.717) is 5.56 Å². The van der Waals surface area contributed by atoms with Crippen LogP contribution in [0.25, 0.3) is 6.08 Å². The molecule has 162 valence electrons. The van der Waals surface area contributed by atoms with Crippen LogP contribution in [-0.4, -0.2) is 28.9 Å². The van der Waals surface area contributed by atoms with Crippen molar-refractivity contribution in [2.24, 2.45) is 17.8 Å². The van der Waals surface area contributed by atoms with Crippen LogP contribution in [0.1, 0.15) is 36.3 Å². The number of nitrogens with one attached hydrogen (secondary N) is 1. The monoisotopic (exact) mass is 428 g/mol. The number of pyridine rings is 1. The predicted molar refractivity (Wildman–Crippen MR) is 110 cm³/mol. The summed E-state index contributed by atoms with van der Waals surface area (Å²) in [6, 6.07) is 12.1. The van der Waals surface area contributed by atoms with Crippen LogP contribution in [-0.2, 0) is 9.59 Å². The molecule has 2 fully saturated rings. The molecule has 5 atom stereocenters. The van der Waals surface area contributed by atoms with Gasteiger partial charge in [-0.15, -0.1) is 0 Å². The normalized spacial score (nSPS) is 28.7. The van der Waals surface area contributed by atoms with Gasteiger partial charge in [-0.25, -0.2) is 0 Å². The summed E-state index contributed by atoms with van der Waals surface area (Å²) in [5, 5.41) is 2.85. The molecule has 1 amide bonds. The van der Waals surface area contributed by atoms with Gasteiger partial charge in [0.15, 0.2) is 5.78 Å². The number of aromatic nitrogens is 1. The standard InChI is InChI=1S/C24H23F3N2O2/c25-24(26,27)17-9-10-19-18(13-17)21(16-6-2-1-3-7-16)22(23(31)29-19)20(30)11-8-15-5-4-12-28-14-15/h1-8,11-12,14,17-19,21-22H,9-10,13H2,(H,29,31)/b11-8+. The maximum Gasteiger partial charge on any atom is 0.391 e. The summed E-state index contributed by atoms with van der Waals surface area (Å²) in [6.45, 7) is 0. The van der Waals surface area contributed by atoms with Crippen LogP contribution < -0.4 is 5.32 Å². The van der Waals surface area contributed by atoms with E-state index < -0.39 is 41.5 Å². The summed E-state index contributed by atoms with van der Waals surface area (Å²) in [7, 11) is 0. The van der Waals surface area contributed by atoms with Crippen molar-refractivity contribution < 1.29 is 22.8 Å². The maximum atomic E-state index is 13.5. The van der Waals surface area contributed by atoms with Gasteiger partial charge in [0.05, 0.1) is 5.92 Å². The summed E-state index contributed by atoms with van der Waals surface area (Å²) in [5.74, 6) is -4.37. The van der Waals surface area contributed by atoms with E-state index in [-0.39, 0.29) is 25.3 Å². The first-order valence-electron chi connectivity index (χ1n) is 10.4. The first-order chi connectivity index (χ1) is 14.8. The second-order valence-corrected chi connectivity index (χ2v) is 8.27. The van der Waals surface area contributed by atoms with Crippen molar-refractivity contribution in [2.75, 3.05) is 0 Å². The highest BCUT2D eigenvalue weighted by Gasteiger charge is 2.53. The summed E-state index contributed by atoms with van der Waals surface area (Å²) < 4.78 is 40.5. The third-order valence-electron chi connectivity index (χ3n) is 6.41. The number of carbonyl (C=O) groups excluding carboxylic acids is 2. The van der Waals surface area contributed by atoms with Crippen LogP contribution in [0.4, 0.5) is 13.2 Å². The van der Waals surface area contributed by atoms with Crippen LogP contribution in [0.5, 0.6) is 0 Å². The highest BCUT2D eigenvalue weighted by molar-refractivity contribution is 6.09. The molecule has 2 aromatic rings. The molecule has 0 radical (unpaired) electrons. The molecule has 0 spiro atoms. The number of fused-ring (bicyclic) bond motifs is 1. The fourth-order valence-corrected chi connectivity index (χ4v) is 4.94. The van der Waals surface area contributed by atoms with Crippen molar-refractivity contribution in [3.8, 4) is 0 Å². The van der Waals surface area contributed by atoms with E-state index in [1.807, 2.05) is 6.07 Å². The number of alkyl halides is 3. The average molecular weight is 428 g/mol.